The number of allylic oxidation sites excluding steroid dienone is 2. The van der Waals surface area contributed by atoms with Crippen LogP contribution in [0.15, 0.2) is 49.1 Å². The Hall–Kier alpha value is -2.33. The van der Waals surface area contributed by atoms with Crippen molar-refractivity contribution in [2.45, 2.75) is 19.4 Å². The van der Waals surface area contributed by atoms with E-state index in [0.29, 0.717) is 11.3 Å². The van der Waals surface area contributed by atoms with E-state index < -0.39 is 11.6 Å². The second-order valence-electron chi connectivity index (χ2n) is 4.88. The molecule has 0 aliphatic rings. The molecule has 0 saturated heterocycles. The molecule has 0 radical (unpaired) electrons. The summed E-state index contributed by atoms with van der Waals surface area (Å²) in [4.78, 5) is 15.2. The highest BCUT2D eigenvalue weighted by molar-refractivity contribution is 5.97. The summed E-state index contributed by atoms with van der Waals surface area (Å²) in [5, 5.41) is 11.6. The maximum Gasteiger partial charge on any atom is 0.342 e. The Morgan fingerprint density at radius 2 is 2.19 bits per heavy atom. The number of hydrogen-bond acceptors (Lipinski definition) is 3. The number of ether oxygens (including phenoxy) is 1. The minimum Gasteiger partial charge on any atom is -0.464 e. The molecule has 110 valence electrons. The van der Waals surface area contributed by atoms with E-state index in [1.807, 2.05) is 30.3 Å². The Bertz CT molecular complexity index is 662. The third-order valence-electron chi connectivity index (χ3n) is 3.30. The minimum atomic E-state index is -1.74. The highest BCUT2D eigenvalue weighted by Gasteiger charge is 2.37. The number of aromatic amines is 1. The van der Waals surface area contributed by atoms with Crippen LogP contribution in [0.25, 0.3) is 16.5 Å². The predicted octanol–water partition coefficient (Wildman–Crippen LogP) is 3.05. The molecule has 0 unspecified atom stereocenters. The summed E-state index contributed by atoms with van der Waals surface area (Å²) in [6.45, 7) is 6.98. The number of aliphatic hydroxyl groups is 1. The SMILES string of the molecule is C=C/C=C(\c1cc2ccccc2[nH]1)[C@@](C)(O)C(=O)OCC. The van der Waals surface area contributed by atoms with Gasteiger partial charge in [-0.15, -0.1) is 0 Å². The van der Waals surface area contributed by atoms with Crippen LogP contribution in [0.2, 0.25) is 0 Å². The average molecular weight is 285 g/mol. The molecular weight excluding hydrogens is 266 g/mol. The van der Waals surface area contributed by atoms with E-state index >= 15 is 0 Å². The molecule has 1 heterocycles. The van der Waals surface area contributed by atoms with Crippen LogP contribution in [0.3, 0.4) is 0 Å². The Labute approximate surface area is 123 Å². The zero-order valence-electron chi connectivity index (χ0n) is 12.2. The van der Waals surface area contributed by atoms with E-state index in [-0.39, 0.29) is 6.61 Å². The summed E-state index contributed by atoms with van der Waals surface area (Å²) in [7, 11) is 0. The standard InChI is InChI=1S/C17H19NO3/c1-4-8-13(17(3,20)16(19)21-5-2)15-11-12-9-6-7-10-14(12)18-15/h4,6-11,18,20H,1,5H2,2-3H3/b13-8+/t17-/m1/s1. The number of fused-ring (bicyclic) bond motifs is 1. The first-order valence-electron chi connectivity index (χ1n) is 6.81. The molecule has 0 aliphatic carbocycles. The predicted molar refractivity (Wildman–Crippen MR) is 83.7 cm³/mol. The van der Waals surface area contributed by atoms with E-state index in [9.17, 15) is 9.90 Å². The first kappa shape index (κ1) is 15.1. The highest BCUT2D eigenvalue weighted by atomic mass is 16.5. The number of carbonyl (C=O) groups is 1. The number of rotatable bonds is 5. The zero-order valence-corrected chi connectivity index (χ0v) is 12.2. The average Bonchev–Trinajstić information content (AvgIpc) is 2.88. The van der Waals surface area contributed by atoms with Gasteiger partial charge >= 0.3 is 5.97 Å². The fraction of sp³-hybridized carbons (Fsp3) is 0.235. The molecule has 1 atom stereocenters. The zero-order chi connectivity index (χ0) is 15.5. The second-order valence-corrected chi connectivity index (χ2v) is 4.88. The number of carbonyl (C=O) groups excluding carboxylic acids is 1. The Balaban J connectivity index is 2.50. The molecule has 0 saturated carbocycles. The molecule has 0 bridgehead atoms. The first-order chi connectivity index (χ1) is 10.0. The quantitative estimate of drug-likeness (QED) is 0.655. The van der Waals surface area contributed by atoms with Crippen LogP contribution in [-0.2, 0) is 9.53 Å². The van der Waals surface area contributed by atoms with Gasteiger partial charge in [-0.2, -0.15) is 0 Å². The Kier molecular flexibility index (Phi) is 4.29. The van der Waals surface area contributed by atoms with Crippen LogP contribution in [0.5, 0.6) is 0 Å². The number of nitrogens with one attached hydrogen (secondary N) is 1. The van der Waals surface area contributed by atoms with E-state index in [4.69, 9.17) is 4.74 Å². The van der Waals surface area contributed by atoms with Gasteiger partial charge in [0.05, 0.1) is 6.61 Å². The largest absolute Gasteiger partial charge is 0.464 e. The van der Waals surface area contributed by atoms with E-state index in [0.717, 1.165) is 10.9 Å². The molecule has 2 N–H and O–H groups in total. The molecule has 0 spiro atoms. The normalized spacial score (nSPS) is 14.7. The van der Waals surface area contributed by atoms with Crippen LogP contribution >= 0.6 is 0 Å². The van der Waals surface area contributed by atoms with Gasteiger partial charge in [-0.25, -0.2) is 4.79 Å². The van der Waals surface area contributed by atoms with Crippen molar-refractivity contribution in [2.24, 2.45) is 0 Å². The topological polar surface area (TPSA) is 62.3 Å². The van der Waals surface area contributed by atoms with Crippen molar-refractivity contribution in [3.05, 3.63) is 54.8 Å². The fourth-order valence-electron chi connectivity index (χ4n) is 2.23. The summed E-state index contributed by atoms with van der Waals surface area (Å²) < 4.78 is 4.95. The lowest BCUT2D eigenvalue weighted by atomic mass is 9.92. The van der Waals surface area contributed by atoms with Crippen molar-refractivity contribution in [1.29, 1.82) is 0 Å². The van der Waals surface area contributed by atoms with E-state index in [1.165, 1.54) is 13.0 Å². The first-order valence-corrected chi connectivity index (χ1v) is 6.81. The van der Waals surface area contributed by atoms with Gasteiger partial charge in [-0.1, -0.05) is 36.9 Å². The van der Waals surface area contributed by atoms with Crippen LogP contribution in [-0.4, -0.2) is 28.3 Å². The summed E-state index contributed by atoms with van der Waals surface area (Å²) in [5.41, 5.74) is 0.272. The summed E-state index contributed by atoms with van der Waals surface area (Å²) >= 11 is 0. The maximum absolute atomic E-state index is 12.0. The number of H-pyrrole nitrogens is 1. The molecule has 0 fully saturated rings. The second kappa shape index (κ2) is 5.97. The van der Waals surface area contributed by atoms with E-state index in [1.54, 1.807) is 13.0 Å². The van der Waals surface area contributed by atoms with Crippen molar-refractivity contribution in [3.8, 4) is 0 Å². The number of esters is 1. The number of para-hydroxylation sites is 1. The monoisotopic (exact) mass is 285 g/mol. The molecule has 0 amide bonds. The maximum atomic E-state index is 12.0. The van der Waals surface area contributed by atoms with Crippen molar-refractivity contribution in [3.63, 3.8) is 0 Å². The number of benzene rings is 1. The lowest BCUT2D eigenvalue weighted by Crippen LogP contribution is -2.38. The Morgan fingerprint density at radius 3 is 2.81 bits per heavy atom. The summed E-state index contributed by atoms with van der Waals surface area (Å²) in [6, 6.07) is 9.63. The molecule has 4 heteroatoms. The summed E-state index contributed by atoms with van der Waals surface area (Å²) in [6.07, 6.45) is 3.15. The van der Waals surface area contributed by atoms with Crippen molar-refractivity contribution in [2.75, 3.05) is 6.61 Å². The van der Waals surface area contributed by atoms with Gasteiger partial charge in [-0.3, -0.25) is 0 Å². The van der Waals surface area contributed by atoms with Crippen molar-refractivity contribution < 1.29 is 14.6 Å². The van der Waals surface area contributed by atoms with E-state index in [2.05, 4.69) is 11.6 Å². The number of hydrogen-bond donors (Lipinski definition) is 2. The third kappa shape index (κ3) is 2.90. The smallest absolute Gasteiger partial charge is 0.342 e. The van der Waals surface area contributed by atoms with Gasteiger partial charge in [0.25, 0.3) is 0 Å². The molecule has 4 nitrogen and oxygen atoms in total. The molecule has 2 rings (SSSR count). The highest BCUT2D eigenvalue weighted by Crippen LogP contribution is 2.30. The van der Waals surface area contributed by atoms with Crippen LogP contribution in [0, 0.1) is 0 Å². The van der Waals surface area contributed by atoms with Crippen LogP contribution in [0.1, 0.15) is 19.5 Å². The van der Waals surface area contributed by atoms with Gasteiger partial charge in [-0.05, 0) is 31.4 Å². The molecule has 0 aliphatic heterocycles. The van der Waals surface area contributed by atoms with Gasteiger partial charge < -0.3 is 14.8 Å². The van der Waals surface area contributed by atoms with Gasteiger partial charge in [0.1, 0.15) is 0 Å². The molecule has 2 aromatic rings. The van der Waals surface area contributed by atoms with Crippen LogP contribution < -0.4 is 0 Å². The molecular formula is C17H19NO3. The molecule has 21 heavy (non-hydrogen) atoms. The Morgan fingerprint density at radius 1 is 1.48 bits per heavy atom. The van der Waals surface area contributed by atoms with Gasteiger partial charge in [0.2, 0.25) is 0 Å². The van der Waals surface area contributed by atoms with Gasteiger partial charge in [0, 0.05) is 16.8 Å². The lowest BCUT2D eigenvalue weighted by Gasteiger charge is -2.23. The van der Waals surface area contributed by atoms with Gasteiger partial charge in [0.15, 0.2) is 5.60 Å². The third-order valence-corrected chi connectivity index (χ3v) is 3.30. The lowest BCUT2D eigenvalue weighted by molar-refractivity contribution is -0.157. The van der Waals surface area contributed by atoms with Crippen LogP contribution in [0.4, 0.5) is 0 Å². The van der Waals surface area contributed by atoms with Crippen molar-refractivity contribution in [1.82, 2.24) is 4.98 Å². The summed E-state index contributed by atoms with van der Waals surface area (Å²) in [5.74, 6) is -0.684. The molecule has 1 aromatic carbocycles. The molecule has 1 aromatic heterocycles. The fourth-order valence-corrected chi connectivity index (χ4v) is 2.23. The van der Waals surface area contributed by atoms with Crippen molar-refractivity contribution >= 4 is 22.4 Å². The minimum absolute atomic E-state index is 0.211. The number of aromatic nitrogens is 1.